The highest BCUT2D eigenvalue weighted by Crippen LogP contribution is 2.26. The second-order valence-corrected chi connectivity index (χ2v) is 6.18. The van der Waals surface area contributed by atoms with E-state index in [4.69, 9.17) is 10.6 Å². The quantitative estimate of drug-likeness (QED) is 0.498. The van der Waals surface area contributed by atoms with Crippen LogP contribution in [-0.4, -0.2) is 12.0 Å². The van der Waals surface area contributed by atoms with Gasteiger partial charge in [-0.3, -0.25) is 10.2 Å². The molecule has 1 aromatic rings. The van der Waals surface area contributed by atoms with Crippen molar-refractivity contribution in [1.82, 2.24) is 5.43 Å². The smallest absolute Gasteiger partial charge is 0.241 e. The molecule has 0 aliphatic heterocycles. The van der Waals surface area contributed by atoms with Crippen LogP contribution in [0.3, 0.4) is 0 Å². The van der Waals surface area contributed by atoms with E-state index in [-0.39, 0.29) is 11.8 Å². The Balaban J connectivity index is 1.86. The molecule has 0 radical (unpaired) electrons. The molecule has 21 heavy (non-hydrogen) atoms. The fourth-order valence-corrected chi connectivity index (χ4v) is 2.92. The lowest BCUT2D eigenvalue weighted by atomic mass is 9.89. The van der Waals surface area contributed by atoms with E-state index < -0.39 is 0 Å². The van der Waals surface area contributed by atoms with Crippen molar-refractivity contribution in [1.29, 1.82) is 0 Å². The average Bonchev–Trinajstić information content (AvgIpc) is 2.52. The summed E-state index contributed by atoms with van der Waals surface area (Å²) in [6, 6.07) is 8.01. The average molecular weight is 290 g/mol. The molecule has 0 aromatic heterocycles. The van der Waals surface area contributed by atoms with Gasteiger partial charge in [0.25, 0.3) is 0 Å². The van der Waals surface area contributed by atoms with Crippen LogP contribution in [0.4, 0.5) is 0 Å². The Morgan fingerprint density at radius 1 is 1.38 bits per heavy atom. The van der Waals surface area contributed by atoms with Gasteiger partial charge in [0, 0.05) is 0 Å². The summed E-state index contributed by atoms with van der Waals surface area (Å²) in [5.74, 6) is 5.54. The fourth-order valence-electron chi connectivity index (χ4n) is 2.92. The lowest BCUT2D eigenvalue weighted by Crippen LogP contribution is -2.33. The van der Waals surface area contributed by atoms with Crippen LogP contribution in [0.25, 0.3) is 0 Å². The molecule has 4 heteroatoms. The maximum atomic E-state index is 11.5. The molecule has 0 bridgehead atoms. The fraction of sp³-hybridized carbons (Fsp3) is 0.588. The number of ether oxygens (including phenoxy) is 1. The first kappa shape index (κ1) is 16.0. The molecule has 1 saturated carbocycles. The van der Waals surface area contributed by atoms with Crippen molar-refractivity contribution in [2.45, 2.75) is 58.2 Å². The minimum absolute atomic E-state index is 0.171. The lowest BCUT2D eigenvalue weighted by Gasteiger charge is -2.26. The van der Waals surface area contributed by atoms with Crippen LogP contribution in [0.15, 0.2) is 24.3 Å². The molecule has 3 N–H and O–H groups in total. The predicted octanol–water partition coefficient (Wildman–Crippen LogP) is 2.88. The topological polar surface area (TPSA) is 64.3 Å². The molecular weight excluding hydrogens is 264 g/mol. The highest BCUT2D eigenvalue weighted by Gasteiger charge is 2.19. The third kappa shape index (κ3) is 4.55. The van der Waals surface area contributed by atoms with Gasteiger partial charge in [-0.2, -0.15) is 0 Å². The third-order valence-corrected chi connectivity index (χ3v) is 4.39. The van der Waals surface area contributed by atoms with Crippen LogP contribution < -0.4 is 11.3 Å². The third-order valence-electron chi connectivity index (χ3n) is 4.39. The number of hydrogen-bond donors (Lipinski definition) is 2. The Morgan fingerprint density at radius 2 is 2.10 bits per heavy atom. The van der Waals surface area contributed by atoms with E-state index in [0.717, 1.165) is 17.0 Å². The number of benzene rings is 1. The van der Waals surface area contributed by atoms with Crippen LogP contribution in [0.5, 0.6) is 0 Å². The molecule has 4 nitrogen and oxygen atoms in total. The number of hydrogen-bond acceptors (Lipinski definition) is 3. The van der Waals surface area contributed by atoms with Gasteiger partial charge in [0.15, 0.2) is 0 Å². The largest absolute Gasteiger partial charge is 0.374 e. The van der Waals surface area contributed by atoms with Gasteiger partial charge in [-0.1, -0.05) is 44.0 Å². The first-order valence-corrected chi connectivity index (χ1v) is 7.81. The van der Waals surface area contributed by atoms with Crippen molar-refractivity contribution < 1.29 is 9.53 Å². The maximum absolute atomic E-state index is 11.5. The van der Waals surface area contributed by atoms with E-state index in [2.05, 4.69) is 12.3 Å². The van der Waals surface area contributed by atoms with E-state index in [1.807, 2.05) is 31.2 Å². The Hall–Kier alpha value is -1.39. The predicted molar refractivity (Wildman–Crippen MR) is 83.4 cm³/mol. The Labute approximate surface area is 127 Å². The zero-order valence-electron chi connectivity index (χ0n) is 13.0. The molecule has 0 spiro atoms. The second kappa shape index (κ2) is 7.57. The highest BCUT2D eigenvalue weighted by atomic mass is 16.5. The van der Waals surface area contributed by atoms with Gasteiger partial charge in [0.2, 0.25) is 5.91 Å². The molecule has 3 atom stereocenters. The molecule has 1 fully saturated rings. The Bertz CT molecular complexity index is 458. The minimum atomic E-state index is -0.232. The molecule has 0 saturated heterocycles. The highest BCUT2D eigenvalue weighted by molar-refractivity contribution is 5.82. The SMILES string of the molecule is CC1CCCC(OCc2ccc(C(C)C(=O)NN)cc2)C1. The van der Waals surface area contributed by atoms with E-state index >= 15 is 0 Å². The first-order chi connectivity index (χ1) is 10.1. The molecule has 0 heterocycles. The van der Waals surface area contributed by atoms with E-state index in [9.17, 15) is 4.79 Å². The number of carbonyl (C=O) groups excluding carboxylic acids is 1. The van der Waals surface area contributed by atoms with Crippen LogP contribution in [0.2, 0.25) is 0 Å². The number of nitrogens with one attached hydrogen (secondary N) is 1. The van der Waals surface area contributed by atoms with Gasteiger partial charge in [0.05, 0.1) is 18.6 Å². The molecule has 1 aliphatic rings. The maximum Gasteiger partial charge on any atom is 0.241 e. The van der Waals surface area contributed by atoms with E-state index in [1.54, 1.807) is 0 Å². The van der Waals surface area contributed by atoms with Crippen LogP contribution in [0.1, 0.15) is 56.6 Å². The Kier molecular flexibility index (Phi) is 5.76. The van der Waals surface area contributed by atoms with Crippen LogP contribution in [-0.2, 0) is 16.1 Å². The number of carbonyl (C=O) groups is 1. The summed E-state index contributed by atoms with van der Waals surface area (Å²) in [6.45, 7) is 4.79. The standard InChI is InChI=1S/C17H26N2O2/c1-12-4-3-5-16(10-12)21-11-14-6-8-15(9-7-14)13(2)17(20)19-18/h6-9,12-13,16H,3-5,10-11,18H2,1-2H3,(H,19,20). The van der Waals surface area contributed by atoms with Crippen molar-refractivity contribution >= 4 is 5.91 Å². The first-order valence-electron chi connectivity index (χ1n) is 7.81. The van der Waals surface area contributed by atoms with Gasteiger partial charge in [-0.05, 0) is 36.8 Å². The molecule has 3 unspecified atom stereocenters. The molecule has 1 aliphatic carbocycles. The monoisotopic (exact) mass is 290 g/mol. The van der Waals surface area contributed by atoms with Crippen molar-refractivity contribution in [2.75, 3.05) is 0 Å². The molecule has 2 rings (SSSR count). The van der Waals surface area contributed by atoms with Crippen molar-refractivity contribution in [3.8, 4) is 0 Å². The van der Waals surface area contributed by atoms with E-state index in [1.165, 1.54) is 25.7 Å². The van der Waals surface area contributed by atoms with Crippen molar-refractivity contribution in [2.24, 2.45) is 11.8 Å². The number of nitrogens with two attached hydrogens (primary N) is 1. The summed E-state index contributed by atoms with van der Waals surface area (Å²) in [7, 11) is 0. The summed E-state index contributed by atoms with van der Waals surface area (Å²) < 4.78 is 6.01. The van der Waals surface area contributed by atoms with Crippen LogP contribution in [0, 0.1) is 5.92 Å². The summed E-state index contributed by atoms with van der Waals surface area (Å²) in [5.41, 5.74) is 4.30. The molecule has 1 aromatic carbocycles. The summed E-state index contributed by atoms with van der Waals surface area (Å²) in [4.78, 5) is 11.5. The molecule has 116 valence electrons. The van der Waals surface area contributed by atoms with Gasteiger partial charge in [-0.25, -0.2) is 5.84 Å². The number of rotatable bonds is 5. The van der Waals surface area contributed by atoms with Gasteiger partial charge >= 0.3 is 0 Å². The zero-order chi connectivity index (χ0) is 15.2. The van der Waals surface area contributed by atoms with E-state index in [0.29, 0.717) is 12.7 Å². The molecule has 1 amide bonds. The Morgan fingerprint density at radius 3 is 2.71 bits per heavy atom. The van der Waals surface area contributed by atoms with Gasteiger partial charge in [0.1, 0.15) is 0 Å². The van der Waals surface area contributed by atoms with Crippen LogP contribution >= 0.6 is 0 Å². The summed E-state index contributed by atoms with van der Waals surface area (Å²) >= 11 is 0. The minimum Gasteiger partial charge on any atom is -0.374 e. The van der Waals surface area contributed by atoms with Crippen molar-refractivity contribution in [3.63, 3.8) is 0 Å². The zero-order valence-corrected chi connectivity index (χ0v) is 13.0. The number of amides is 1. The summed E-state index contributed by atoms with van der Waals surface area (Å²) in [5, 5.41) is 0. The van der Waals surface area contributed by atoms with Gasteiger partial charge in [-0.15, -0.1) is 0 Å². The van der Waals surface area contributed by atoms with Crippen molar-refractivity contribution in [3.05, 3.63) is 35.4 Å². The second-order valence-electron chi connectivity index (χ2n) is 6.18. The summed E-state index contributed by atoms with van der Waals surface area (Å²) in [6.07, 6.45) is 5.35. The lowest BCUT2D eigenvalue weighted by molar-refractivity contribution is -0.122. The normalized spacial score (nSPS) is 23.6. The van der Waals surface area contributed by atoms with Gasteiger partial charge < -0.3 is 4.74 Å². The molecular formula is C17H26N2O2. The number of hydrazine groups is 1.